The smallest absolute Gasteiger partial charge is 0.228 e. The highest BCUT2D eigenvalue weighted by atomic mass is 16.5. The summed E-state index contributed by atoms with van der Waals surface area (Å²) in [5.74, 6) is 0.753. The average Bonchev–Trinajstić information content (AvgIpc) is 3.26. The number of hydrogen-bond acceptors (Lipinski definition) is 4. The SMILES string of the molecule is COc1ccc(C(C)(O)C2CCCN2C(=O)Cc2ccn[nH]2)cc1. The van der Waals surface area contributed by atoms with Gasteiger partial charge < -0.3 is 14.7 Å². The molecule has 1 aromatic heterocycles. The maximum Gasteiger partial charge on any atom is 0.228 e. The van der Waals surface area contributed by atoms with Crippen LogP contribution >= 0.6 is 0 Å². The number of nitrogens with zero attached hydrogens (tertiary/aromatic N) is 2. The summed E-state index contributed by atoms with van der Waals surface area (Å²) >= 11 is 0. The standard InChI is InChI=1S/C18H23N3O3/c1-18(23,13-5-7-15(24-2)8-6-13)16-4-3-11-21(16)17(22)12-14-9-10-19-20-14/h5-10,16,23H,3-4,11-12H2,1-2H3,(H,19,20). The monoisotopic (exact) mass is 329 g/mol. The zero-order valence-corrected chi connectivity index (χ0v) is 14.0. The number of aromatic nitrogens is 2. The topological polar surface area (TPSA) is 78.5 Å². The lowest BCUT2D eigenvalue weighted by atomic mass is 9.86. The number of methoxy groups -OCH3 is 1. The second-order valence-electron chi connectivity index (χ2n) is 6.38. The Labute approximate surface area is 141 Å². The molecule has 1 aliphatic rings. The Morgan fingerprint density at radius 2 is 2.17 bits per heavy atom. The summed E-state index contributed by atoms with van der Waals surface area (Å²) in [7, 11) is 1.61. The fourth-order valence-corrected chi connectivity index (χ4v) is 3.42. The number of rotatable bonds is 5. The third kappa shape index (κ3) is 3.14. The number of aromatic amines is 1. The van der Waals surface area contributed by atoms with Crippen molar-refractivity contribution in [3.05, 3.63) is 47.8 Å². The number of amides is 1. The Morgan fingerprint density at radius 3 is 2.79 bits per heavy atom. The van der Waals surface area contributed by atoms with Crippen molar-refractivity contribution in [1.29, 1.82) is 0 Å². The first-order valence-corrected chi connectivity index (χ1v) is 8.17. The fourth-order valence-electron chi connectivity index (χ4n) is 3.42. The summed E-state index contributed by atoms with van der Waals surface area (Å²) in [5.41, 5.74) is 0.469. The Balaban J connectivity index is 1.78. The van der Waals surface area contributed by atoms with Gasteiger partial charge in [0.2, 0.25) is 5.91 Å². The number of carbonyl (C=O) groups is 1. The third-order valence-electron chi connectivity index (χ3n) is 4.80. The van der Waals surface area contributed by atoms with Gasteiger partial charge in [0.1, 0.15) is 11.4 Å². The number of likely N-dealkylation sites (tertiary alicyclic amines) is 1. The Hall–Kier alpha value is -2.34. The Bertz CT molecular complexity index is 680. The Morgan fingerprint density at radius 1 is 1.42 bits per heavy atom. The molecule has 1 amide bonds. The van der Waals surface area contributed by atoms with Crippen molar-refractivity contribution in [2.24, 2.45) is 0 Å². The number of hydrogen-bond donors (Lipinski definition) is 2. The molecule has 1 aliphatic heterocycles. The first-order chi connectivity index (χ1) is 11.5. The molecule has 2 aromatic rings. The quantitative estimate of drug-likeness (QED) is 0.878. The number of nitrogens with one attached hydrogen (secondary N) is 1. The molecule has 0 radical (unpaired) electrons. The lowest BCUT2D eigenvalue weighted by Gasteiger charge is -2.37. The maximum atomic E-state index is 12.6. The highest BCUT2D eigenvalue weighted by Crippen LogP contribution is 2.35. The van der Waals surface area contributed by atoms with Gasteiger partial charge in [-0.3, -0.25) is 9.89 Å². The zero-order valence-electron chi connectivity index (χ0n) is 14.0. The van der Waals surface area contributed by atoms with Gasteiger partial charge in [0.05, 0.1) is 19.6 Å². The summed E-state index contributed by atoms with van der Waals surface area (Å²) in [5, 5.41) is 17.8. The van der Waals surface area contributed by atoms with Gasteiger partial charge in [-0.15, -0.1) is 0 Å². The van der Waals surface area contributed by atoms with E-state index in [2.05, 4.69) is 10.2 Å². The van der Waals surface area contributed by atoms with Crippen molar-refractivity contribution in [2.45, 2.75) is 37.8 Å². The molecule has 128 valence electrons. The molecular weight excluding hydrogens is 306 g/mol. The minimum atomic E-state index is -1.10. The molecule has 24 heavy (non-hydrogen) atoms. The average molecular weight is 329 g/mol. The van der Waals surface area contributed by atoms with Crippen molar-refractivity contribution in [2.75, 3.05) is 13.7 Å². The van der Waals surface area contributed by atoms with E-state index in [-0.39, 0.29) is 18.4 Å². The van der Waals surface area contributed by atoms with Gasteiger partial charge in [-0.1, -0.05) is 12.1 Å². The lowest BCUT2D eigenvalue weighted by molar-refractivity contribution is -0.137. The summed E-state index contributed by atoms with van der Waals surface area (Å²) in [4.78, 5) is 14.4. The fraction of sp³-hybridized carbons (Fsp3) is 0.444. The van der Waals surface area contributed by atoms with Crippen LogP contribution in [0.4, 0.5) is 0 Å². The Kier molecular flexibility index (Phi) is 4.57. The molecule has 1 fully saturated rings. The van der Waals surface area contributed by atoms with E-state index >= 15 is 0 Å². The van der Waals surface area contributed by atoms with Crippen molar-refractivity contribution in [3.63, 3.8) is 0 Å². The van der Waals surface area contributed by atoms with E-state index in [1.54, 1.807) is 31.2 Å². The molecule has 3 rings (SSSR count). The number of carbonyl (C=O) groups excluding carboxylic acids is 1. The van der Waals surface area contributed by atoms with Crippen LogP contribution in [0.15, 0.2) is 36.5 Å². The van der Waals surface area contributed by atoms with Gasteiger partial charge in [-0.25, -0.2) is 0 Å². The predicted molar refractivity (Wildman–Crippen MR) is 89.6 cm³/mol. The van der Waals surface area contributed by atoms with Gasteiger partial charge in [0, 0.05) is 18.4 Å². The van der Waals surface area contributed by atoms with E-state index in [4.69, 9.17) is 4.74 Å². The van der Waals surface area contributed by atoms with E-state index in [1.165, 1.54) is 0 Å². The summed E-state index contributed by atoms with van der Waals surface area (Å²) < 4.78 is 5.17. The minimum Gasteiger partial charge on any atom is -0.497 e. The highest BCUT2D eigenvalue weighted by Gasteiger charge is 2.42. The van der Waals surface area contributed by atoms with Gasteiger partial charge >= 0.3 is 0 Å². The zero-order chi connectivity index (χ0) is 17.2. The van der Waals surface area contributed by atoms with Crippen LogP contribution in [0.25, 0.3) is 0 Å². The minimum absolute atomic E-state index is 0.00976. The molecular formula is C18H23N3O3. The van der Waals surface area contributed by atoms with Crippen LogP contribution in [0.5, 0.6) is 5.75 Å². The molecule has 1 saturated heterocycles. The van der Waals surface area contributed by atoms with Crippen LogP contribution in [0.3, 0.4) is 0 Å². The van der Waals surface area contributed by atoms with Crippen molar-refractivity contribution in [3.8, 4) is 5.75 Å². The van der Waals surface area contributed by atoms with Crippen LogP contribution in [0.2, 0.25) is 0 Å². The first kappa shape index (κ1) is 16.5. The second kappa shape index (κ2) is 6.65. The third-order valence-corrected chi connectivity index (χ3v) is 4.80. The highest BCUT2D eigenvalue weighted by molar-refractivity contribution is 5.79. The largest absolute Gasteiger partial charge is 0.497 e. The predicted octanol–water partition coefficient (Wildman–Crippen LogP) is 1.86. The van der Waals surface area contributed by atoms with Gasteiger partial charge in [0.15, 0.2) is 0 Å². The van der Waals surface area contributed by atoms with Crippen LogP contribution in [0, 0.1) is 0 Å². The number of H-pyrrole nitrogens is 1. The van der Waals surface area contributed by atoms with Crippen molar-refractivity contribution < 1.29 is 14.6 Å². The molecule has 1 aromatic carbocycles. The van der Waals surface area contributed by atoms with E-state index in [0.717, 1.165) is 29.8 Å². The summed E-state index contributed by atoms with van der Waals surface area (Å²) in [6, 6.07) is 8.93. The summed E-state index contributed by atoms with van der Waals surface area (Å²) in [6.45, 7) is 2.45. The normalized spacial score (nSPS) is 20.0. The molecule has 6 heteroatoms. The van der Waals surface area contributed by atoms with Gasteiger partial charge in [-0.05, 0) is 43.5 Å². The molecule has 6 nitrogen and oxygen atoms in total. The van der Waals surface area contributed by atoms with Crippen LogP contribution in [-0.4, -0.2) is 45.8 Å². The lowest BCUT2D eigenvalue weighted by Crippen LogP contribution is -2.48. The van der Waals surface area contributed by atoms with E-state index < -0.39 is 5.60 Å². The van der Waals surface area contributed by atoms with E-state index in [9.17, 15) is 9.90 Å². The molecule has 2 atom stereocenters. The second-order valence-corrected chi connectivity index (χ2v) is 6.38. The molecule has 0 bridgehead atoms. The van der Waals surface area contributed by atoms with Crippen LogP contribution < -0.4 is 4.74 Å². The molecule has 0 saturated carbocycles. The van der Waals surface area contributed by atoms with E-state index in [0.29, 0.717) is 6.54 Å². The first-order valence-electron chi connectivity index (χ1n) is 8.17. The van der Waals surface area contributed by atoms with Gasteiger partial charge in [-0.2, -0.15) is 5.10 Å². The van der Waals surface area contributed by atoms with E-state index in [1.807, 2.05) is 24.3 Å². The number of ether oxygens (including phenoxy) is 1. The molecule has 2 N–H and O–H groups in total. The molecule has 0 spiro atoms. The molecule has 2 unspecified atom stereocenters. The van der Waals surface area contributed by atoms with Crippen LogP contribution in [0.1, 0.15) is 31.0 Å². The number of aliphatic hydroxyl groups is 1. The molecule has 0 aliphatic carbocycles. The number of benzene rings is 1. The van der Waals surface area contributed by atoms with Gasteiger partial charge in [0.25, 0.3) is 0 Å². The maximum absolute atomic E-state index is 12.6. The molecule has 2 heterocycles. The van der Waals surface area contributed by atoms with Crippen molar-refractivity contribution in [1.82, 2.24) is 15.1 Å². The van der Waals surface area contributed by atoms with Crippen LogP contribution in [-0.2, 0) is 16.8 Å². The summed E-state index contributed by atoms with van der Waals surface area (Å²) in [6.07, 6.45) is 3.59. The van der Waals surface area contributed by atoms with Crippen molar-refractivity contribution >= 4 is 5.91 Å².